The van der Waals surface area contributed by atoms with Crippen molar-refractivity contribution in [3.8, 4) is 11.8 Å². The second-order valence-electron chi connectivity index (χ2n) is 18.6. The number of amides is 4. The number of nitrogens with one attached hydrogen (secondary N) is 3. The lowest BCUT2D eigenvalue weighted by Crippen LogP contribution is -2.49. The Morgan fingerprint density at radius 1 is 0.819 bits per heavy atom. The molecule has 0 radical (unpaired) electrons. The molecule has 398 valence electrons. The Morgan fingerprint density at radius 2 is 1.49 bits per heavy atom. The van der Waals surface area contributed by atoms with Crippen LogP contribution in [0.1, 0.15) is 134 Å². The molecule has 7 atom stereocenters. The van der Waals surface area contributed by atoms with E-state index in [1.54, 1.807) is 19.4 Å². The number of rotatable bonds is 34. The number of carbonyl (C=O) groups excluding carboxylic acids is 7. The monoisotopic (exact) mass is 1030 g/mol. The molecule has 1 aromatic heterocycles. The van der Waals surface area contributed by atoms with Gasteiger partial charge >= 0.3 is 17.9 Å². The third-order valence-electron chi connectivity index (χ3n) is 12.0. The molecule has 2 rings (SSSR count). The number of carbonyl (C=O) groups is 9. The predicted molar refractivity (Wildman–Crippen MR) is 268 cm³/mol. The number of carboxylic acid groups (broad SMARTS) is 2. The number of ether oxygens (including phenoxy) is 3. The number of esters is 1. The van der Waals surface area contributed by atoms with Gasteiger partial charge < -0.3 is 45.3 Å². The fraction of sp³-hybridized carbons (Fsp3) is 0.615. The second-order valence-corrected chi connectivity index (χ2v) is 19.5. The van der Waals surface area contributed by atoms with E-state index in [0.29, 0.717) is 24.3 Å². The van der Waals surface area contributed by atoms with E-state index in [2.05, 4.69) is 32.8 Å². The first kappa shape index (κ1) is 62.1. The molecule has 0 aliphatic heterocycles. The average Bonchev–Trinajstić information content (AvgIpc) is 3.82. The van der Waals surface area contributed by atoms with Crippen molar-refractivity contribution in [1.29, 1.82) is 0 Å². The van der Waals surface area contributed by atoms with Gasteiger partial charge in [-0.3, -0.25) is 43.2 Å². The molecule has 0 aliphatic carbocycles. The Morgan fingerprint density at radius 3 is 2.10 bits per heavy atom. The lowest BCUT2D eigenvalue weighted by Gasteiger charge is -2.33. The lowest BCUT2D eigenvalue weighted by molar-refractivity contribution is -0.148. The minimum Gasteiger partial charge on any atom is -0.481 e. The summed E-state index contributed by atoms with van der Waals surface area (Å²) in [5.74, 6) is -2.93. The summed E-state index contributed by atoms with van der Waals surface area (Å²) >= 11 is 1.12. The molecule has 0 bridgehead atoms. The molecule has 19 nitrogen and oxygen atoms in total. The molecule has 5 N–H and O–H groups in total. The summed E-state index contributed by atoms with van der Waals surface area (Å²) in [4.78, 5) is 120. The highest BCUT2D eigenvalue weighted by Gasteiger charge is 2.36. The van der Waals surface area contributed by atoms with Crippen molar-refractivity contribution in [3.63, 3.8) is 0 Å². The van der Waals surface area contributed by atoms with Gasteiger partial charge in [0.25, 0.3) is 11.8 Å². The van der Waals surface area contributed by atoms with E-state index >= 15 is 0 Å². The summed E-state index contributed by atoms with van der Waals surface area (Å²) < 4.78 is 16.4. The molecule has 4 amide bonds. The number of thiazole rings is 1. The summed E-state index contributed by atoms with van der Waals surface area (Å²) in [7, 11) is 1.55. The van der Waals surface area contributed by atoms with Gasteiger partial charge in [0, 0.05) is 75.7 Å². The summed E-state index contributed by atoms with van der Waals surface area (Å²) in [5.41, 5.74) is 0.991. The molecule has 0 saturated carbocycles. The molecule has 72 heavy (non-hydrogen) atoms. The first-order valence-corrected chi connectivity index (χ1v) is 25.4. The van der Waals surface area contributed by atoms with Crippen LogP contribution in [0.15, 0.2) is 35.7 Å². The zero-order chi connectivity index (χ0) is 53.9. The highest BCUT2D eigenvalue weighted by atomic mass is 32.1. The molecule has 0 aliphatic rings. The summed E-state index contributed by atoms with van der Waals surface area (Å²) in [6.45, 7) is 14.5. The van der Waals surface area contributed by atoms with E-state index in [9.17, 15) is 48.3 Å². The fourth-order valence-electron chi connectivity index (χ4n) is 7.70. The van der Waals surface area contributed by atoms with E-state index in [-0.39, 0.29) is 113 Å². The van der Waals surface area contributed by atoms with E-state index < -0.39 is 71.6 Å². The average molecular weight is 1030 g/mol. The van der Waals surface area contributed by atoms with Crippen LogP contribution in [0.25, 0.3) is 0 Å². The number of benzene rings is 1. The number of carboxylic acids is 2. The number of aliphatic carboxylic acids is 2. The van der Waals surface area contributed by atoms with Crippen molar-refractivity contribution in [3.05, 3.63) is 52.0 Å². The van der Waals surface area contributed by atoms with Gasteiger partial charge in [-0.1, -0.05) is 85.2 Å². The van der Waals surface area contributed by atoms with Crippen molar-refractivity contribution in [2.45, 2.75) is 137 Å². The molecular formula is C52H75N5O14S. The lowest BCUT2D eigenvalue weighted by atomic mass is 9.83. The van der Waals surface area contributed by atoms with Crippen molar-refractivity contribution in [2.75, 3.05) is 40.0 Å². The number of ketones is 2. The van der Waals surface area contributed by atoms with Crippen LogP contribution in [-0.2, 0) is 59.0 Å². The van der Waals surface area contributed by atoms with Crippen LogP contribution in [0.2, 0.25) is 0 Å². The molecular weight excluding hydrogens is 951 g/mol. The zero-order valence-electron chi connectivity index (χ0n) is 43.2. The normalized spacial score (nSPS) is 14.0. The number of hydrogen-bond donors (Lipinski definition) is 5. The smallest absolute Gasteiger partial charge is 0.306 e. The molecule has 0 spiro atoms. The van der Waals surface area contributed by atoms with Gasteiger partial charge in [0.15, 0.2) is 11.9 Å². The summed E-state index contributed by atoms with van der Waals surface area (Å²) in [6.07, 6.45) is 0.324. The largest absolute Gasteiger partial charge is 0.481 e. The van der Waals surface area contributed by atoms with Crippen LogP contribution in [0.4, 0.5) is 0 Å². The zero-order valence-corrected chi connectivity index (χ0v) is 44.0. The quantitative estimate of drug-likeness (QED) is 0.0261. The number of nitrogens with zero attached hydrogens (tertiary/aromatic N) is 2. The highest BCUT2D eigenvalue weighted by Crippen LogP contribution is 2.30. The molecule has 0 fully saturated rings. The van der Waals surface area contributed by atoms with Gasteiger partial charge in [0.05, 0.1) is 44.6 Å². The van der Waals surface area contributed by atoms with Crippen LogP contribution in [0, 0.1) is 41.4 Å². The van der Waals surface area contributed by atoms with Gasteiger partial charge in [-0.25, -0.2) is 4.98 Å². The number of hydrogen-bond acceptors (Lipinski definition) is 14. The van der Waals surface area contributed by atoms with Crippen LogP contribution in [0.5, 0.6) is 0 Å². The fourth-order valence-corrected chi connectivity index (χ4v) is 8.54. The molecule has 2 aromatic rings. The summed E-state index contributed by atoms with van der Waals surface area (Å²) in [6, 6.07) is 7.48. The maximum atomic E-state index is 14.3. The van der Waals surface area contributed by atoms with E-state index in [0.717, 1.165) is 16.9 Å². The minimum absolute atomic E-state index is 0.0111. The van der Waals surface area contributed by atoms with Crippen molar-refractivity contribution < 1.29 is 67.6 Å². The number of likely N-dealkylation sites (N-methyl/N-ethyl adjacent to an activating group) is 1. The van der Waals surface area contributed by atoms with Crippen molar-refractivity contribution >= 4 is 64.4 Å². The van der Waals surface area contributed by atoms with Crippen molar-refractivity contribution in [1.82, 2.24) is 25.8 Å². The molecule has 1 unspecified atom stereocenters. The van der Waals surface area contributed by atoms with E-state index in [1.165, 1.54) is 11.8 Å². The predicted octanol–water partition coefficient (Wildman–Crippen LogP) is 5.20. The molecule has 0 saturated heterocycles. The van der Waals surface area contributed by atoms with Crippen LogP contribution in [0.3, 0.4) is 0 Å². The van der Waals surface area contributed by atoms with Crippen molar-refractivity contribution in [2.24, 2.45) is 29.6 Å². The maximum Gasteiger partial charge on any atom is 0.306 e. The summed E-state index contributed by atoms with van der Waals surface area (Å²) in [5, 5.41) is 28.6. The Balaban J connectivity index is 2.06. The topological polar surface area (TPSA) is 274 Å². The Kier molecular flexibility index (Phi) is 28.3. The first-order valence-electron chi connectivity index (χ1n) is 24.5. The third kappa shape index (κ3) is 23.5. The van der Waals surface area contributed by atoms with Gasteiger partial charge in [-0.05, 0) is 48.5 Å². The first-order chi connectivity index (χ1) is 34.0. The van der Waals surface area contributed by atoms with Gasteiger partial charge in [-0.2, -0.15) is 0 Å². The van der Waals surface area contributed by atoms with Crippen LogP contribution < -0.4 is 16.0 Å². The maximum absolute atomic E-state index is 14.3. The van der Waals surface area contributed by atoms with E-state index in [4.69, 9.17) is 19.3 Å². The van der Waals surface area contributed by atoms with E-state index in [1.807, 2.05) is 71.9 Å². The number of aromatic nitrogens is 1. The third-order valence-corrected chi connectivity index (χ3v) is 12.9. The SMILES string of the molecule is CC[C@H](C)[C@H](CC(=O)[C@H](C(C)C)N(C)C(=O)CCOCCCC(=O)C#CC(=O)NCCOCCC(=O)O)C(=O)N[C@H](C[C@@H](OC(C)=O)c1nc(C(=O)N[C@@H](Cc2ccccc2)CC(C)C(=O)O)cs1)C(C)C. The second kappa shape index (κ2) is 32.8. The molecule has 20 heteroatoms. The van der Waals surface area contributed by atoms with Gasteiger partial charge in [-0.15, -0.1) is 11.3 Å². The minimum atomic E-state index is -0.994. The van der Waals surface area contributed by atoms with Gasteiger partial charge in [0.1, 0.15) is 10.7 Å². The molecule has 1 heterocycles. The van der Waals surface area contributed by atoms with Gasteiger partial charge in [0.2, 0.25) is 17.6 Å². The van der Waals surface area contributed by atoms with Crippen LogP contribution >= 0.6 is 11.3 Å². The Bertz CT molecular complexity index is 2170. The van der Waals surface area contributed by atoms with Crippen LogP contribution in [-0.4, -0.2) is 131 Å². The standard InChI is InChI=1S/C52H75N5O14S/c1-10-34(6)40(29-43(60)48(33(4)5)57(9)46(62)20-24-69-23-14-17-39(59)18-19-45(61)53-22-26-70-25-21-47(63)64)49(65)55-41(32(2)3)30-44(71-36(8)58)51-56-42(31-72-51)50(66)54-38(27-35(7)52(67)68)28-37-15-12-11-13-16-37/h11-13,15-16,31-35,38,40-41,44,48H,10,14,17,20-30H2,1-9H3,(H,53,61)(H,54,66)(H,55,65)(H,63,64)(H,67,68)/t34-,35?,38+,40-,41+,44+,48-/m0/s1. The Hall–Kier alpha value is -6.04. The Labute approximate surface area is 427 Å². The highest BCUT2D eigenvalue weighted by molar-refractivity contribution is 7.09. The number of Topliss-reactive ketones (excluding diaryl/α,β-unsaturated/α-hetero) is 2. The molecule has 1 aromatic carbocycles.